The van der Waals surface area contributed by atoms with Gasteiger partial charge in [0.25, 0.3) is 5.91 Å². The minimum atomic E-state index is -0.635. The van der Waals surface area contributed by atoms with Gasteiger partial charge in [-0.2, -0.15) is 0 Å². The van der Waals surface area contributed by atoms with Crippen LogP contribution >= 0.6 is 50.5 Å². The second-order valence-electron chi connectivity index (χ2n) is 9.66. The van der Waals surface area contributed by atoms with Crippen molar-refractivity contribution in [3.05, 3.63) is 79.0 Å². The van der Waals surface area contributed by atoms with Crippen LogP contribution in [-0.2, 0) is 9.59 Å². The third-order valence-electron chi connectivity index (χ3n) is 6.35. The number of rotatable bonds is 3. The average molecular weight is 591 g/mol. The normalized spacial score (nSPS) is 19.6. The third-order valence-corrected chi connectivity index (χ3v) is 8.61. The summed E-state index contributed by atoms with van der Waals surface area (Å²) in [7, 11) is 0. The number of halogens is 3. The molecule has 0 spiro atoms. The van der Waals surface area contributed by atoms with Crippen molar-refractivity contribution in [3.8, 4) is 0 Å². The van der Waals surface area contributed by atoms with E-state index in [2.05, 4.69) is 45.4 Å². The number of allylic oxidation sites excluding steroid dienone is 3. The number of hydrogen-bond donors (Lipinski definition) is 2. The molecule has 0 saturated carbocycles. The lowest BCUT2D eigenvalue weighted by Gasteiger charge is -2.39. The van der Waals surface area contributed by atoms with Crippen LogP contribution in [0.15, 0.2) is 63.4 Å². The molecule has 0 fully saturated rings. The molecule has 5 nitrogen and oxygen atoms in total. The molecule has 2 heterocycles. The van der Waals surface area contributed by atoms with Crippen molar-refractivity contribution < 1.29 is 9.59 Å². The van der Waals surface area contributed by atoms with Crippen LogP contribution in [0.25, 0.3) is 10.2 Å². The number of amides is 1. The zero-order valence-corrected chi connectivity index (χ0v) is 23.2. The summed E-state index contributed by atoms with van der Waals surface area (Å²) in [6.07, 6.45) is 1.09. The van der Waals surface area contributed by atoms with E-state index >= 15 is 0 Å². The molecule has 9 heteroatoms. The Morgan fingerprint density at radius 2 is 2.00 bits per heavy atom. The van der Waals surface area contributed by atoms with Crippen LogP contribution in [0.4, 0.5) is 5.13 Å². The number of thiazole rings is 1. The van der Waals surface area contributed by atoms with Crippen LogP contribution in [0.5, 0.6) is 0 Å². The highest BCUT2D eigenvalue weighted by Gasteiger charge is 2.43. The molecular weight excluding hydrogens is 569 g/mol. The first-order chi connectivity index (χ1) is 16.5. The van der Waals surface area contributed by atoms with E-state index in [1.807, 2.05) is 31.2 Å². The van der Waals surface area contributed by atoms with Gasteiger partial charge in [-0.3, -0.25) is 14.9 Å². The van der Waals surface area contributed by atoms with Gasteiger partial charge in [0, 0.05) is 39.4 Å². The van der Waals surface area contributed by atoms with Crippen molar-refractivity contribution >= 4 is 77.5 Å². The van der Waals surface area contributed by atoms with Gasteiger partial charge in [0.05, 0.1) is 20.3 Å². The number of carbonyl (C=O) groups is 2. The van der Waals surface area contributed by atoms with Gasteiger partial charge in [-0.05, 0) is 48.6 Å². The number of anilines is 1. The first-order valence-electron chi connectivity index (χ1n) is 11.1. The van der Waals surface area contributed by atoms with Crippen molar-refractivity contribution in [2.24, 2.45) is 5.41 Å². The number of fused-ring (bicyclic) bond motifs is 1. The summed E-state index contributed by atoms with van der Waals surface area (Å²) in [4.78, 5) is 31.8. The summed E-state index contributed by atoms with van der Waals surface area (Å²) >= 11 is 17.9. The second kappa shape index (κ2) is 9.04. The Morgan fingerprint density at radius 3 is 2.77 bits per heavy atom. The predicted molar refractivity (Wildman–Crippen MR) is 146 cm³/mol. The average Bonchev–Trinajstić information content (AvgIpc) is 3.14. The van der Waals surface area contributed by atoms with Gasteiger partial charge in [-0.1, -0.05) is 76.4 Å². The first kappa shape index (κ1) is 24.5. The Kier molecular flexibility index (Phi) is 6.33. The minimum absolute atomic E-state index is 0.00688. The predicted octanol–water partition coefficient (Wildman–Crippen LogP) is 7.61. The van der Waals surface area contributed by atoms with Crippen molar-refractivity contribution in [2.75, 3.05) is 5.32 Å². The number of nitrogens with zero attached hydrogens (tertiary/aromatic N) is 1. The number of dihydropyridines is 1. The molecular formula is C26H22BrCl2N3O2S. The number of nitrogens with one attached hydrogen (secondary N) is 2. The smallest absolute Gasteiger partial charge is 0.256 e. The molecule has 1 unspecified atom stereocenters. The molecule has 5 rings (SSSR count). The number of hydrogen-bond acceptors (Lipinski definition) is 5. The maximum atomic E-state index is 13.7. The highest BCUT2D eigenvalue weighted by atomic mass is 79.9. The summed E-state index contributed by atoms with van der Waals surface area (Å²) in [6, 6.07) is 11.1. The zero-order valence-electron chi connectivity index (χ0n) is 19.3. The van der Waals surface area contributed by atoms with Crippen molar-refractivity contribution in [3.63, 3.8) is 0 Å². The SMILES string of the molecule is CC1=C(C(=O)Nc2nc3ccc(Br)cc3s2)C(c2cccc(Cl)c2Cl)C2=C(CC(C)(C)CC2=O)N1. The van der Waals surface area contributed by atoms with Gasteiger partial charge in [0.1, 0.15) is 0 Å². The van der Waals surface area contributed by atoms with Crippen LogP contribution in [0.3, 0.4) is 0 Å². The Hall–Kier alpha value is -2.19. The van der Waals surface area contributed by atoms with E-state index in [-0.39, 0.29) is 17.1 Å². The Morgan fingerprint density at radius 1 is 1.23 bits per heavy atom. The van der Waals surface area contributed by atoms with Gasteiger partial charge < -0.3 is 5.32 Å². The Balaban J connectivity index is 1.60. The second-order valence-corrected chi connectivity index (χ2v) is 12.4. The van der Waals surface area contributed by atoms with Crippen molar-refractivity contribution in [2.45, 2.75) is 39.5 Å². The van der Waals surface area contributed by atoms with E-state index in [4.69, 9.17) is 23.2 Å². The van der Waals surface area contributed by atoms with E-state index in [1.165, 1.54) is 11.3 Å². The molecule has 1 aliphatic heterocycles. The van der Waals surface area contributed by atoms with Crippen molar-refractivity contribution in [1.29, 1.82) is 0 Å². The van der Waals surface area contributed by atoms with Gasteiger partial charge in [0.15, 0.2) is 10.9 Å². The molecule has 2 N–H and O–H groups in total. The Bertz CT molecular complexity index is 1470. The van der Waals surface area contributed by atoms with Gasteiger partial charge in [-0.15, -0.1) is 0 Å². The fourth-order valence-corrected chi connectivity index (χ4v) is 6.74. The number of benzene rings is 2. The summed E-state index contributed by atoms with van der Waals surface area (Å²) in [5.41, 5.74) is 3.78. The topological polar surface area (TPSA) is 71.1 Å². The zero-order chi connectivity index (χ0) is 25.1. The number of aromatic nitrogens is 1. The molecule has 1 atom stereocenters. The van der Waals surface area contributed by atoms with Gasteiger partial charge in [0.2, 0.25) is 0 Å². The van der Waals surface area contributed by atoms with Crippen molar-refractivity contribution in [1.82, 2.24) is 10.3 Å². The lowest BCUT2D eigenvalue weighted by atomic mass is 9.68. The number of Topliss-reactive ketones (excluding diaryl/α,β-unsaturated/α-hetero) is 1. The molecule has 0 saturated heterocycles. The van der Waals surface area contributed by atoms with E-state index < -0.39 is 5.92 Å². The molecule has 35 heavy (non-hydrogen) atoms. The van der Waals surface area contributed by atoms with Crippen LogP contribution in [0.1, 0.15) is 45.1 Å². The minimum Gasteiger partial charge on any atom is -0.362 e. The van der Waals surface area contributed by atoms with E-state index in [1.54, 1.807) is 12.1 Å². The molecule has 2 aliphatic rings. The highest BCUT2D eigenvalue weighted by Crippen LogP contribution is 2.49. The molecule has 180 valence electrons. The van der Waals surface area contributed by atoms with Gasteiger partial charge >= 0.3 is 0 Å². The molecule has 1 aromatic heterocycles. The molecule has 0 bridgehead atoms. The van der Waals surface area contributed by atoms with Crippen LogP contribution in [0.2, 0.25) is 10.0 Å². The maximum absolute atomic E-state index is 13.7. The summed E-state index contributed by atoms with van der Waals surface area (Å²) < 4.78 is 1.89. The highest BCUT2D eigenvalue weighted by molar-refractivity contribution is 9.10. The summed E-state index contributed by atoms with van der Waals surface area (Å²) in [5.74, 6) is -0.963. The lowest BCUT2D eigenvalue weighted by molar-refractivity contribution is -0.118. The van der Waals surface area contributed by atoms with Crippen LogP contribution < -0.4 is 10.6 Å². The molecule has 1 amide bonds. The van der Waals surface area contributed by atoms with Crippen LogP contribution in [0, 0.1) is 5.41 Å². The first-order valence-corrected chi connectivity index (χ1v) is 13.5. The molecule has 1 aliphatic carbocycles. The third kappa shape index (κ3) is 4.55. The van der Waals surface area contributed by atoms with Crippen LogP contribution in [-0.4, -0.2) is 16.7 Å². The quantitative estimate of drug-likeness (QED) is 0.329. The van der Waals surface area contributed by atoms with E-state index in [0.717, 1.165) is 20.4 Å². The maximum Gasteiger partial charge on any atom is 0.256 e. The summed E-state index contributed by atoms with van der Waals surface area (Å²) in [6.45, 7) is 6.00. The lowest BCUT2D eigenvalue weighted by Crippen LogP contribution is -2.39. The monoisotopic (exact) mass is 589 g/mol. The molecule has 3 aromatic rings. The molecule has 0 radical (unpaired) electrons. The van der Waals surface area contributed by atoms with Gasteiger partial charge in [-0.25, -0.2) is 4.98 Å². The van der Waals surface area contributed by atoms with E-state index in [0.29, 0.717) is 50.4 Å². The largest absolute Gasteiger partial charge is 0.362 e. The molecule has 2 aromatic carbocycles. The number of ketones is 1. The fraction of sp³-hybridized carbons (Fsp3) is 0.269. The standard InChI is InChI=1S/C26H22BrCl2N3O2S/c1-12-20(24(34)32-25-31-16-8-7-13(27)9-19(16)35-25)21(14-5-4-6-15(28)23(14)29)22-17(30-12)10-26(2,3)11-18(22)33/h4-9,21,30H,10-11H2,1-3H3,(H,31,32,34). The number of carbonyl (C=O) groups excluding carboxylic acids is 2. The Labute approximate surface area is 225 Å². The summed E-state index contributed by atoms with van der Waals surface area (Å²) in [5, 5.41) is 7.52. The fourth-order valence-electron chi connectivity index (χ4n) is 4.91. The van der Waals surface area contributed by atoms with E-state index in [9.17, 15) is 9.59 Å².